The molecule has 19 heavy (non-hydrogen) atoms. The Hall–Kier alpha value is -2.26. The van der Waals surface area contributed by atoms with Crippen LogP contribution in [0.25, 0.3) is 10.9 Å². The van der Waals surface area contributed by atoms with E-state index >= 15 is 0 Å². The molecule has 3 nitrogen and oxygen atoms in total. The molecule has 0 radical (unpaired) electrons. The predicted octanol–water partition coefficient (Wildman–Crippen LogP) is 2.89. The highest BCUT2D eigenvalue weighted by atomic mass is 16.3. The lowest BCUT2D eigenvalue weighted by Crippen LogP contribution is -2.25. The molecule has 2 aromatic heterocycles. The van der Waals surface area contributed by atoms with Gasteiger partial charge in [-0.1, -0.05) is 30.3 Å². The zero-order chi connectivity index (χ0) is 13.3. The summed E-state index contributed by atoms with van der Waals surface area (Å²) in [4.78, 5) is 8.75. The lowest BCUT2D eigenvalue weighted by Gasteiger charge is -2.22. The first-order chi connectivity index (χ1) is 9.18. The molecule has 0 aliphatic rings. The van der Waals surface area contributed by atoms with Crippen molar-refractivity contribution in [1.29, 1.82) is 0 Å². The highest BCUT2D eigenvalue weighted by Crippen LogP contribution is 2.27. The Morgan fingerprint density at radius 3 is 2.47 bits per heavy atom. The van der Waals surface area contributed by atoms with E-state index in [1.165, 1.54) is 0 Å². The van der Waals surface area contributed by atoms with Crippen molar-refractivity contribution in [2.24, 2.45) is 0 Å². The molecule has 3 aromatic rings. The van der Waals surface area contributed by atoms with Gasteiger partial charge in [0.2, 0.25) is 0 Å². The van der Waals surface area contributed by atoms with E-state index in [9.17, 15) is 5.11 Å². The van der Waals surface area contributed by atoms with Gasteiger partial charge in [-0.3, -0.25) is 4.98 Å². The monoisotopic (exact) mass is 250 g/mol. The van der Waals surface area contributed by atoms with Crippen LogP contribution in [-0.4, -0.2) is 15.1 Å². The molecular weight excluding hydrogens is 236 g/mol. The summed E-state index contributed by atoms with van der Waals surface area (Å²) in [6, 6.07) is 17.2. The molecule has 0 fully saturated rings. The van der Waals surface area contributed by atoms with Crippen LogP contribution in [0.4, 0.5) is 0 Å². The van der Waals surface area contributed by atoms with Crippen molar-refractivity contribution in [3.05, 3.63) is 72.2 Å². The van der Waals surface area contributed by atoms with Gasteiger partial charge in [0.25, 0.3) is 0 Å². The van der Waals surface area contributed by atoms with Gasteiger partial charge in [0.1, 0.15) is 5.60 Å². The van der Waals surface area contributed by atoms with Gasteiger partial charge in [0.15, 0.2) is 0 Å². The molecule has 0 aliphatic heterocycles. The molecule has 0 amide bonds. The first kappa shape index (κ1) is 11.8. The Morgan fingerprint density at radius 2 is 1.68 bits per heavy atom. The molecule has 0 aliphatic carbocycles. The van der Waals surface area contributed by atoms with Crippen molar-refractivity contribution >= 4 is 10.9 Å². The van der Waals surface area contributed by atoms with Crippen LogP contribution in [0.5, 0.6) is 0 Å². The summed E-state index contributed by atoms with van der Waals surface area (Å²) in [5, 5.41) is 11.7. The largest absolute Gasteiger partial charge is 0.377 e. The molecule has 94 valence electrons. The fourth-order valence-electron chi connectivity index (χ4n) is 2.12. The second-order valence-corrected chi connectivity index (χ2v) is 4.68. The molecule has 0 saturated carbocycles. The van der Waals surface area contributed by atoms with Crippen molar-refractivity contribution in [3.8, 4) is 0 Å². The van der Waals surface area contributed by atoms with Gasteiger partial charge >= 0.3 is 0 Å². The zero-order valence-corrected chi connectivity index (χ0v) is 10.6. The Labute approximate surface area is 111 Å². The molecule has 2 heterocycles. The molecule has 1 aromatic carbocycles. The zero-order valence-electron chi connectivity index (χ0n) is 10.6. The van der Waals surface area contributed by atoms with E-state index in [0.29, 0.717) is 11.4 Å². The average Bonchev–Trinajstić information content (AvgIpc) is 2.47. The first-order valence-electron chi connectivity index (χ1n) is 6.18. The second kappa shape index (κ2) is 4.44. The summed E-state index contributed by atoms with van der Waals surface area (Å²) in [5.74, 6) is 0. The van der Waals surface area contributed by atoms with Gasteiger partial charge in [-0.05, 0) is 31.2 Å². The maximum absolute atomic E-state index is 10.7. The third-order valence-corrected chi connectivity index (χ3v) is 3.26. The maximum Gasteiger partial charge on any atom is 0.145 e. The van der Waals surface area contributed by atoms with Crippen LogP contribution >= 0.6 is 0 Å². The van der Waals surface area contributed by atoms with Gasteiger partial charge in [-0.15, -0.1) is 0 Å². The molecule has 0 bridgehead atoms. The summed E-state index contributed by atoms with van der Waals surface area (Å²) in [6.07, 6.45) is 1.67. The Morgan fingerprint density at radius 1 is 0.895 bits per heavy atom. The number of fused-ring (bicyclic) bond motifs is 1. The number of hydrogen-bond donors (Lipinski definition) is 1. The van der Waals surface area contributed by atoms with Gasteiger partial charge in [-0.2, -0.15) is 0 Å². The number of hydrogen-bond acceptors (Lipinski definition) is 3. The SMILES string of the molecule is C[C@@](O)(c1ccccn1)c1ccc2ccccc2n1. The molecule has 0 unspecified atom stereocenters. The lowest BCUT2D eigenvalue weighted by molar-refractivity contribution is 0.0930. The Bertz CT molecular complexity index is 708. The molecule has 3 heteroatoms. The third-order valence-electron chi connectivity index (χ3n) is 3.26. The van der Waals surface area contributed by atoms with Crippen LogP contribution < -0.4 is 0 Å². The smallest absolute Gasteiger partial charge is 0.145 e. The van der Waals surface area contributed by atoms with Crippen molar-refractivity contribution in [2.75, 3.05) is 0 Å². The van der Waals surface area contributed by atoms with E-state index in [1.54, 1.807) is 19.2 Å². The van der Waals surface area contributed by atoms with Gasteiger partial charge in [-0.25, -0.2) is 4.98 Å². The molecule has 3 rings (SSSR count). The molecule has 0 saturated heterocycles. The summed E-state index contributed by atoms with van der Waals surface area (Å²) in [5.41, 5.74) is 0.879. The third kappa shape index (κ3) is 2.09. The van der Waals surface area contributed by atoms with E-state index in [1.807, 2.05) is 48.5 Å². The highest BCUT2D eigenvalue weighted by molar-refractivity contribution is 5.78. The van der Waals surface area contributed by atoms with Crippen LogP contribution in [-0.2, 0) is 5.60 Å². The Balaban J connectivity index is 2.13. The minimum atomic E-state index is -1.19. The number of para-hydroxylation sites is 1. The number of benzene rings is 1. The van der Waals surface area contributed by atoms with Crippen molar-refractivity contribution < 1.29 is 5.11 Å². The summed E-state index contributed by atoms with van der Waals surface area (Å²) in [7, 11) is 0. The van der Waals surface area contributed by atoms with Crippen LogP contribution in [0.2, 0.25) is 0 Å². The Kier molecular flexibility index (Phi) is 2.76. The number of aromatic nitrogens is 2. The van der Waals surface area contributed by atoms with Gasteiger partial charge in [0, 0.05) is 11.6 Å². The standard InChI is InChI=1S/C16H14N2O/c1-16(19,14-8-4-5-11-17-14)15-10-9-12-6-2-3-7-13(12)18-15/h2-11,19H,1H3/t16-/m1/s1. The van der Waals surface area contributed by atoms with Crippen LogP contribution in [0.15, 0.2) is 60.8 Å². The fourth-order valence-corrected chi connectivity index (χ4v) is 2.12. The minimum absolute atomic E-state index is 0.595. The summed E-state index contributed by atoms with van der Waals surface area (Å²) >= 11 is 0. The normalized spacial score (nSPS) is 14.2. The van der Waals surface area contributed by atoms with E-state index < -0.39 is 5.60 Å². The minimum Gasteiger partial charge on any atom is -0.377 e. The predicted molar refractivity (Wildman–Crippen MR) is 74.7 cm³/mol. The maximum atomic E-state index is 10.7. The van der Waals surface area contributed by atoms with E-state index in [-0.39, 0.29) is 0 Å². The van der Waals surface area contributed by atoms with Crippen molar-refractivity contribution in [2.45, 2.75) is 12.5 Å². The molecular formula is C16H14N2O. The number of pyridine rings is 2. The topological polar surface area (TPSA) is 46.0 Å². The molecule has 1 atom stereocenters. The van der Waals surface area contributed by atoms with E-state index in [4.69, 9.17) is 0 Å². The first-order valence-corrected chi connectivity index (χ1v) is 6.18. The van der Waals surface area contributed by atoms with Crippen molar-refractivity contribution in [1.82, 2.24) is 9.97 Å². The highest BCUT2D eigenvalue weighted by Gasteiger charge is 2.28. The molecule has 0 spiro atoms. The van der Waals surface area contributed by atoms with E-state index in [2.05, 4.69) is 9.97 Å². The molecule has 1 N–H and O–H groups in total. The fraction of sp³-hybridized carbons (Fsp3) is 0.125. The number of rotatable bonds is 2. The lowest BCUT2D eigenvalue weighted by atomic mass is 9.96. The van der Waals surface area contributed by atoms with Gasteiger partial charge in [0.05, 0.1) is 16.9 Å². The van der Waals surface area contributed by atoms with Gasteiger partial charge < -0.3 is 5.11 Å². The van der Waals surface area contributed by atoms with E-state index in [0.717, 1.165) is 10.9 Å². The van der Waals surface area contributed by atoms with Crippen molar-refractivity contribution in [3.63, 3.8) is 0 Å². The van der Waals surface area contributed by atoms with Crippen LogP contribution in [0.1, 0.15) is 18.3 Å². The average molecular weight is 250 g/mol. The summed E-state index contributed by atoms with van der Waals surface area (Å²) < 4.78 is 0. The quantitative estimate of drug-likeness (QED) is 0.760. The van der Waals surface area contributed by atoms with Crippen LogP contribution in [0, 0.1) is 0 Å². The summed E-state index contributed by atoms with van der Waals surface area (Å²) in [6.45, 7) is 1.71. The number of aliphatic hydroxyl groups is 1. The number of nitrogens with zero attached hydrogens (tertiary/aromatic N) is 2. The second-order valence-electron chi connectivity index (χ2n) is 4.68. The van der Waals surface area contributed by atoms with Crippen LogP contribution in [0.3, 0.4) is 0 Å².